The minimum atomic E-state index is -3.68. The number of piperidine rings is 1. The van der Waals surface area contributed by atoms with E-state index in [1.807, 2.05) is 13.8 Å². The van der Waals surface area contributed by atoms with Gasteiger partial charge in [0.2, 0.25) is 15.9 Å². The van der Waals surface area contributed by atoms with Crippen LogP contribution < -0.4 is 15.8 Å². The highest BCUT2D eigenvalue weighted by Gasteiger charge is 2.34. The molecule has 0 unspecified atom stereocenters. The quantitative estimate of drug-likeness (QED) is 0.702. The van der Waals surface area contributed by atoms with Gasteiger partial charge in [0.05, 0.1) is 12.5 Å². The molecule has 0 radical (unpaired) electrons. The van der Waals surface area contributed by atoms with Gasteiger partial charge < -0.3 is 15.8 Å². The molecule has 0 aromatic heterocycles. The Bertz CT molecular complexity index is 746. The summed E-state index contributed by atoms with van der Waals surface area (Å²) in [5.74, 6) is 0.0798. The van der Waals surface area contributed by atoms with E-state index in [1.165, 1.54) is 17.5 Å². The van der Waals surface area contributed by atoms with Gasteiger partial charge in [-0.15, -0.1) is 0 Å². The number of hydrogen-bond acceptors (Lipinski definition) is 5. The number of rotatable bonds is 8. The van der Waals surface area contributed by atoms with E-state index in [-0.39, 0.29) is 23.1 Å². The summed E-state index contributed by atoms with van der Waals surface area (Å²) >= 11 is 0. The SMILES string of the molecule is CCC(CC)(CN)C(=O)Nc1ccc(OC)c(S(=O)(=O)N2CCCCC2)c1. The summed E-state index contributed by atoms with van der Waals surface area (Å²) in [5.41, 5.74) is 5.61. The van der Waals surface area contributed by atoms with Crippen molar-refractivity contribution in [3.8, 4) is 5.75 Å². The first-order chi connectivity index (χ1) is 12.8. The second kappa shape index (κ2) is 9.03. The molecule has 152 valence electrons. The molecule has 3 N–H and O–H groups in total. The number of hydrogen-bond donors (Lipinski definition) is 2. The van der Waals surface area contributed by atoms with Crippen molar-refractivity contribution in [2.24, 2.45) is 11.1 Å². The topological polar surface area (TPSA) is 102 Å². The fourth-order valence-corrected chi connectivity index (χ4v) is 5.12. The highest BCUT2D eigenvalue weighted by Crippen LogP contribution is 2.32. The van der Waals surface area contributed by atoms with Crippen LogP contribution in [0.1, 0.15) is 46.0 Å². The zero-order valence-corrected chi connectivity index (χ0v) is 17.3. The molecule has 1 fully saturated rings. The standard InChI is InChI=1S/C19H31N3O4S/c1-4-19(5-2,14-20)18(23)21-15-9-10-16(26-3)17(13-15)27(24,25)22-11-7-6-8-12-22/h9-10,13H,4-8,11-12,14,20H2,1-3H3,(H,21,23). The third-order valence-corrected chi connectivity index (χ3v) is 7.50. The number of methoxy groups -OCH3 is 1. The van der Waals surface area contributed by atoms with Crippen LogP contribution in [0.3, 0.4) is 0 Å². The van der Waals surface area contributed by atoms with Crippen LogP contribution in [0.15, 0.2) is 23.1 Å². The highest BCUT2D eigenvalue weighted by molar-refractivity contribution is 7.89. The zero-order valence-electron chi connectivity index (χ0n) is 16.5. The van der Waals surface area contributed by atoms with Crippen molar-refractivity contribution in [2.75, 3.05) is 32.1 Å². The molecule has 1 aliphatic heterocycles. The molecule has 0 bridgehead atoms. The maximum absolute atomic E-state index is 13.1. The molecule has 1 heterocycles. The molecule has 27 heavy (non-hydrogen) atoms. The van der Waals surface area contributed by atoms with E-state index in [0.717, 1.165) is 19.3 Å². The molecular weight excluding hydrogens is 366 g/mol. The molecular formula is C19H31N3O4S. The Morgan fingerprint density at radius 1 is 1.22 bits per heavy atom. The second-order valence-electron chi connectivity index (χ2n) is 6.98. The Morgan fingerprint density at radius 2 is 1.85 bits per heavy atom. The minimum absolute atomic E-state index is 0.0797. The molecule has 0 spiro atoms. The summed E-state index contributed by atoms with van der Waals surface area (Å²) in [5, 5.41) is 2.84. The number of ether oxygens (including phenoxy) is 1. The number of carbonyl (C=O) groups excluding carboxylic acids is 1. The fourth-order valence-electron chi connectivity index (χ4n) is 3.42. The van der Waals surface area contributed by atoms with Crippen molar-refractivity contribution in [3.05, 3.63) is 18.2 Å². The average Bonchev–Trinajstić information content (AvgIpc) is 2.70. The molecule has 7 nitrogen and oxygen atoms in total. The highest BCUT2D eigenvalue weighted by atomic mass is 32.2. The lowest BCUT2D eigenvalue weighted by Gasteiger charge is -2.29. The lowest BCUT2D eigenvalue weighted by molar-refractivity contribution is -0.125. The third kappa shape index (κ3) is 4.44. The summed E-state index contributed by atoms with van der Waals surface area (Å²) < 4.78 is 32.9. The predicted octanol–water partition coefficient (Wildman–Crippen LogP) is 2.57. The first-order valence-corrected chi connectivity index (χ1v) is 11.0. The van der Waals surface area contributed by atoms with Crippen LogP contribution in [0.2, 0.25) is 0 Å². The zero-order chi connectivity index (χ0) is 20.1. The van der Waals surface area contributed by atoms with Crippen LogP contribution in [0, 0.1) is 5.41 Å². The van der Waals surface area contributed by atoms with Gasteiger partial charge in [-0.1, -0.05) is 20.3 Å². The monoisotopic (exact) mass is 397 g/mol. The van der Waals surface area contributed by atoms with E-state index in [1.54, 1.807) is 12.1 Å². The molecule has 1 aromatic carbocycles. The summed E-state index contributed by atoms with van der Waals surface area (Å²) in [4.78, 5) is 12.8. The van der Waals surface area contributed by atoms with Gasteiger partial charge in [-0.3, -0.25) is 4.79 Å². The smallest absolute Gasteiger partial charge is 0.246 e. The Morgan fingerprint density at radius 3 is 2.37 bits per heavy atom. The first-order valence-electron chi connectivity index (χ1n) is 9.54. The van der Waals surface area contributed by atoms with Gasteiger partial charge in [0.15, 0.2) is 0 Å². The van der Waals surface area contributed by atoms with E-state index in [9.17, 15) is 13.2 Å². The van der Waals surface area contributed by atoms with Gasteiger partial charge >= 0.3 is 0 Å². The van der Waals surface area contributed by atoms with Crippen LogP contribution in [-0.4, -0.2) is 45.4 Å². The number of nitrogens with two attached hydrogens (primary N) is 1. The number of nitrogens with one attached hydrogen (secondary N) is 1. The van der Waals surface area contributed by atoms with Crippen LogP contribution in [0.5, 0.6) is 5.75 Å². The molecule has 8 heteroatoms. The van der Waals surface area contributed by atoms with E-state index in [0.29, 0.717) is 31.6 Å². The van der Waals surface area contributed by atoms with Gasteiger partial charge in [0, 0.05) is 25.3 Å². The number of amides is 1. The van der Waals surface area contributed by atoms with Crippen LogP contribution in [0.25, 0.3) is 0 Å². The van der Waals surface area contributed by atoms with Crippen molar-refractivity contribution in [1.82, 2.24) is 4.31 Å². The van der Waals surface area contributed by atoms with Crippen molar-refractivity contribution < 1.29 is 17.9 Å². The van der Waals surface area contributed by atoms with Gasteiger partial charge in [0.25, 0.3) is 0 Å². The van der Waals surface area contributed by atoms with Crippen molar-refractivity contribution >= 4 is 21.6 Å². The summed E-state index contributed by atoms with van der Waals surface area (Å²) in [7, 11) is -2.24. The third-order valence-electron chi connectivity index (χ3n) is 5.58. The molecule has 0 atom stereocenters. The Labute approximate surface area is 162 Å². The number of anilines is 1. The van der Waals surface area contributed by atoms with Gasteiger partial charge in [-0.2, -0.15) is 4.31 Å². The maximum Gasteiger partial charge on any atom is 0.246 e. The predicted molar refractivity (Wildman–Crippen MR) is 106 cm³/mol. The van der Waals surface area contributed by atoms with Crippen molar-refractivity contribution in [1.29, 1.82) is 0 Å². The van der Waals surface area contributed by atoms with Crippen molar-refractivity contribution in [2.45, 2.75) is 50.8 Å². The summed E-state index contributed by atoms with van der Waals surface area (Å²) in [6.45, 7) is 5.10. The van der Waals surface area contributed by atoms with E-state index >= 15 is 0 Å². The second-order valence-corrected chi connectivity index (χ2v) is 8.88. The molecule has 2 rings (SSSR count). The van der Waals surface area contributed by atoms with E-state index in [2.05, 4.69) is 5.32 Å². The van der Waals surface area contributed by atoms with Crippen LogP contribution in [-0.2, 0) is 14.8 Å². The molecule has 1 saturated heterocycles. The molecule has 1 aromatic rings. The van der Waals surface area contributed by atoms with Gasteiger partial charge in [0.1, 0.15) is 10.6 Å². The number of nitrogens with zero attached hydrogens (tertiary/aromatic N) is 1. The lowest BCUT2D eigenvalue weighted by Crippen LogP contribution is -2.41. The maximum atomic E-state index is 13.1. The lowest BCUT2D eigenvalue weighted by atomic mass is 9.81. The summed E-state index contributed by atoms with van der Waals surface area (Å²) in [6, 6.07) is 4.71. The Balaban J connectivity index is 2.36. The Hall–Kier alpha value is -1.64. The van der Waals surface area contributed by atoms with E-state index < -0.39 is 15.4 Å². The number of carbonyl (C=O) groups is 1. The van der Waals surface area contributed by atoms with Gasteiger partial charge in [-0.05, 0) is 43.9 Å². The van der Waals surface area contributed by atoms with E-state index in [4.69, 9.17) is 10.5 Å². The molecule has 0 aliphatic carbocycles. The largest absolute Gasteiger partial charge is 0.495 e. The summed E-state index contributed by atoms with van der Waals surface area (Å²) in [6.07, 6.45) is 3.96. The molecule has 0 saturated carbocycles. The number of sulfonamides is 1. The Kier molecular flexibility index (Phi) is 7.25. The molecule has 1 aliphatic rings. The van der Waals surface area contributed by atoms with Crippen LogP contribution in [0.4, 0.5) is 5.69 Å². The minimum Gasteiger partial charge on any atom is -0.495 e. The average molecular weight is 398 g/mol. The first kappa shape index (κ1) is 21.7. The van der Waals surface area contributed by atoms with Crippen molar-refractivity contribution in [3.63, 3.8) is 0 Å². The van der Waals surface area contributed by atoms with Crippen LogP contribution >= 0.6 is 0 Å². The normalized spacial score (nSPS) is 16.1. The fraction of sp³-hybridized carbons (Fsp3) is 0.632. The number of benzene rings is 1. The molecule has 1 amide bonds. The van der Waals surface area contributed by atoms with Gasteiger partial charge in [-0.25, -0.2) is 8.42 Å².